The van der Waals surface area contributed by atoms with Gasteiger partial charge in [0.2, 0.25) is 0 Å². The van der Waals surface area contributed by atoms with Gasteiger partial charge in [0, 0.05) is 12.5 Å². The molecule has 0 aliphatic heterocycles. The summed E-state index contributed by atoms with van der Waals surface area (Å²) in [4.78, 5) is 16.3. The van der Waals surface area contributed by atoms with Gasteiger partial charge in [-0.25, -0.2) is 0 Å². The fraction of sp³-hybridized carbons (Fsp3) is 0.857. The zero-order valence-corrected chi connectivity index (χ0v) is 12.9. The summed E-state index contributed by atoms with van der Waals surface area (Å²) in [5.41, 5.74) is 16.7. The number of carbonyl (C=O) groups is 1. The SMILES string of the molecule is CCC(C)C(N)=NCCC(C)C(C)(N)C(=O)C(C)N. The number of carbonyl (C=O) groups excluding carboxylic acids is 1. The van der Waals surface area contributed by atoms with Gasteiger partial charge in [0.05, 0.1) is 17.4 Å². The topological polar surface area (TPSA) is 107 Å². The monoisotopic (exact) mass is 270 g/mol. The minimum Gasteiger partial charge on any atom is -0.387 e. The zero-order valence-electron chi connectivity index (χ0n) is 12.9. The Bertz CT molecular complexity index is 323. The molecule has 0 amide bonds. The Kier molecular flexibility index (Phi) is 7.23. The molecular weight excluding hydrogens is 240 g/mol. The van der Waals surface area contributed by atoms with Gasteiger partial charge < -0.3 is 17.2 Å². The number of nitrogens with two attached hydrogens (primary N) is 3. The summed E-state index contributed by atoms with van der Waals surface area (Å²) in [7, 11) is 0. The maximum Gasteiger partial charge on any atom is 0.168 e. The first kappa shape index (κ1) is 18.1. The van der Waals surface area contributed by atoms with Gasteiger partial charge in [-0.2, -0.15) is 0 Å². The van der Waals surface area contributed by atoms with Gasteiger partial charge >= 0.3 is 0 Å². The number of hydrogen-bond donors (Lipinski definition) is 3. The fourth-order valence-corrected chi connectivity index (χ4v) is 1.79. The number of Topliss-reactive ketones (excluding diaryl/α,β-unsaturated/α-hetero) is 1. The van der Waals surface area contributed by atoms with Crippen LogP contribution in [0, 0.1) is 11.8 Å². The highest BCUT2D eigenvalue weighted by Gasteiger charge is 2.35. The molecule has 0 bridgehead atoms. The minimum absolute atomic E-state index is 0.0134. The third-order valence-electron chi connectivity index (χ3n) is 3.94. The highest BCUT2D eigenvalue weighted by Crippen LogP contribution is 2.20. The normalized spacial score (nSPS) is 20.5. The molecule has 4 unspecified atom stereocenters. The Hall–Kier alpha value is -0.940. The van der Waals surface area contributed by atoms with Crippen LogP contribution in [-0.2, 0) is 4.79 Å². The van der Waals surface area contributed by atoms with Gasteiger partial charge in [0.15, 0.2) is 5.78 Å². The van der Waals surface area contributed by atoms with Gasteiger partial charge in [-0.05, 0) is 32.6 Å². The van der Waals surface area contributed by atoms with Crippen molar-refractivity contribution in [1.82, 2.24) is 0 Å². The molecule has 0 aromatic rings. The van der Waals surface area contributed by atoms with Crippen molar-refractivity contribution in [3.63, 3.8) is 0 Å². The molecule has 0 rings (SSSR count). The molecule has 0 aliphatic rings. The highest BCUT2D eigenvalue weighted by molar-refractivity contribution is 5.92. The molecule has 4 atom stereocenters. The maximum absolute atomic E-state index is 11.9. The summed E-state index contributed by atoms with van der Waals surface area (Å²) in [5, 5.41) is 0. The molecule has 0 aromatic heterocycles. The predicted molar refractivity (Wildman–Crippen MR) is 81.0 cm³/mol. The summed E-state index contributed by atoms with van der Waals surface area (Å²) in [6.07, 6.45) is 1.70. The standard InChI is InChI=1S/C14H30N4O/c1-6-9(2)13(16)18-8-7-10(3)14(5,17)12(19)11(4)15/h9-11H,6-8,15,17H2,1-5H3,(H2,16,18). The molecular formula is C14H30N4O. The molecule has 5 nitrogen and oxygen atoms in total. The van der Waals surface area contributed by atoms with E-state index in [0.29, 0.717) is 18.3 Å². The Labute approximate surface area is 117 Å². The Balaban J connectivity index is 4.47. The molecule has 0 saturated heterocycles. The summed E-state index contributed by atoms with van der Waals surface area (Å²) in [6, 6.07) is -0.536. The molecule has 0 aliphatic carbocycles. The Morgan fingerprint density at radius 2 is 1.84 bits per heavy atom. The molecule has 6 N–H and O–H groups in total. The molecule has 0 fully saturated rings. The average Bonchev–Trinajstić information content (AvgIpc) is 2.35. The van der Waals surface area contributed by atoms with Gasteiger partial charge in [-0.3, -0.25) is 9.79 Å². The summed E-state index contributed by atoms with van der Waals surface area (Å²) >= 11 is 0. The first-order valence-corrected chi connectivity index (χ1v) is 7.03. The number of nitrogens with zero attached hydrogens (tertiary/aromatic N) is 1. The van der Waals surface area contributed by atoms with E-state index in [1.165, 1.54) is 0 Å². The molecule has 0 heterocycles. The number of rotatable bonds is 8. The van der Waals surface area contributed by atoms with Gasteiger partial charge in [-0.1, -0.05) is 20.8 Å². The first-order chi connectivity index (χ1) is 8.64. The lowest BCUT2D eigenvalue weighted by atomic mass is 9.80. The van der Waals surface area contributed by atoms with Crippen molar-refractivity contribution >= 4 is 11.6 Å². The average molecular weight is 270 g/mol. The maximum atomic E-state index is 11.9. The van der Waals surface area contributed by atoms with Crippen LogP contribution in [0.15, 0.2) is 4.99 Å². The van der Waals surface area contributed by atoms with Gasteiger partial charge in [-0.15, -0.1) is 0 Å². The van der Waals surface area contributed by atoms with Gasteiger partial charge in [0.1, 0.15) is 0 Å². The summed E-state index contributed by atoms with van der Waals surface area (Å²) < 4.78 is 0. The molecule has 0 spiro atoms. The molecule has 5 heteroatoms. The molecule has 19 heavy (non-hydrogen) atoms. The first-order valence-electron chi connectivity index (χ1n) is 7.03. The summed E-state index contributed by atoms with van der Waals surface area (Å²) in [6.45, 7) is 10.1. The molecule has 112 valence electrons. The van der Waals surface area contributed by atoms with Crippen LogP contribution < -0.4 is 17.2 Å². The van der Waals surface area contributed by atoms with E-state index in [2.05, 4.69) is 18.8 Å². The van der Waals surface area contributed by atoms with Crippen LogP contribution >= 0.6 is 0 Å². The van der Waals surface area contributed by atoms with Crippen molar-refractivity contribution in [2.45, 2.75) is 59.0 Å². The van der Waals surface area contributed by atoms with E-state index >= 15 is 0 Å². The predicted octanol–water partition coefficient (Wildman–Crippen LogP) is 1.05. The van der Waals surface area contributed by atoms with Crippen LogP contribution in [0.1, 0.15) is 47.5 Å². The van der Waals surface area contributed by atoms with E-state index in [0.717, 1.165) is 12.8 Å². The van der Waals surface area contributed by atoms with Crippen LogP contribution in [0.2, 0.25) is 0 Å². The fourth-order valence-electron chi connectivity index (χ4n) is 1.79. The quantitative estimate of drug-likeness (QED) is 0.452. The van der Waals surface area contributed by atoms with Crippen molar-refractivity contribution in [2.75, 3.05) is 6.54 Å². The van der Waals surface area contributed by atoms with Crippen LogP contribution in [0.3, 0.4) is 0 Å². The van der Waals surface area contributed by atoms with Crippen molar-refractivity contribution in [3.8, 4) is 0 Å². The highest BCUT2D eigenvalue weighted by atomic mass is 16.1. The largest absolute Gasteiger partial charge is 0.387 e. The Morgan fingerprint density at radius 3 is 2.26 bits per heavy atom. The summed E-state index contributed by atoms with van der Waals surface area (Å²) in [5.74, 6) is 0.871. The molecule has 0 aromatic carbocycles. The van der Waals surface area contributed by atoms with E-state index in [1.54, 1.807) is 13.8 Å². The second-order valence-electron chi connectivity index (χ2n) is 5.74. The van der Waals surface area contributed by atoms with Crippen molar-refractivity contribution < 1.29 is 4.79 Å². The molecule has 0 saturated carbocycles. The van der Waals surface area contributed by atoms with E-state index in [1.807, 2.05) is 6.92 Å². The number of hydrogen-bond acceptors (Lipinski definition) is 4. The second kappa shape index (κ2) is 7.60. The van der Waals surface area contributed by atoms with Crippen LogP contribution in [0.5, 0.6) is 0 Å². The lowest BCUT2D eigenvalue weighted by Gasteiger charge is -2.31. The van der Waals surface area contributed by atoms with Crippen molar-refractivity contribution in [2.24, 2.45) is 34.0 Å². The lowest BCUT2D eigenvalue weighted by Crippen LogP contribution is -2.56. The third-order valence-corrected chi connectivity index (χ3v) is 3.94. The second-order valence-corrected chi connectivity index (χ2v) is 5.74. The zero-order chi connectivity index (χ0) is 15.2. The molecule has 0 radical (unpaired) electrons. The number of ketones is 1. The number of aliphatic imine (C=N–C) groups is 1. The number of amidine groups is 1. The lowest BCUT2D eigenvalue weighted by molar-refractivity contribution is -0.126. The third kappa shape index (κ3) is 5.28. The van der Waals surface area contributed by atoms with E-state index in [9.17, 15) is 4.79 Å². The van der Waals surface area contributed by atoms with Crippen LogP contribution in [0.25, 0.3) is 0 Å². The van der Waals surface area contributed by atoms with Crippen molar-refractivity contribution in [3.05, 3.63) is 0 Å². The van der Waals surface area contributed by atoms with E-state index < -0.39 is 11.6 Å². The Morgan fingerprint density at radius 1 is 1.32 bits per heavy atom. The van der Waals surface area contributed by atoms with Crippen LogP contribution in [-0.4, -0.2) is 29.7 Å². The minimum atomic E-state index is -0.908. The van der Waals surface area contributed by atoms with Gasteiger partial charge in [0.25, 0.3) is 0 Å². The van der Waals surface area contributed by atoms with Crippen molar-refractivity contribution in [1.29, 1.82) is 0 Å². The van der Waals surface area contributed by atoms with E-state index in [4.69, 9.17) is 17.2 Å². The van der Waals surface area contributed by atoms with E-state index in [-0.39, 0.29) is 11.7 Å². The smallest absolute Gasteiger partial charge is 0.168 e. The van der Waals surface area contributed by atoms with Crippen LogP contribution in [0.4, 0.5) is 0 Å².